The summed E-state index contributed by atoms with van der Waals surface area (Å²) in [7, 11) is -2.93. The van der Waals surface area contributed by atoms with Gasteiger partial charge in [0.25, 0.3) is 0 Å². The molecule has 1 unspecified atom stereocenters. The van der Waals surface area contributed by atoms with E-state index in [9.17, 15) is 14.6 Å². The fraction of sp³-hybridized carbons (Fsp3) is 0.231. The monoisotopic (exact) mass is 297 g/mol. The van der Waals surface area contributed by atoms with Crippen LogP contribution in [0.2, 0.25) is 0 Å². The third-order valence-electron chi connectivity index (χ3n) is 2.84. The highest BCUT2D eigenvalue weighted by Crippen LogP contribution is 2.43. The van der Waals surface area contributed by atoms with Gasteiger partial charge in [-0.25, -0.2) is 4.57 Å². The van der Waals surface area contributed by atoms with E-state index in [4.69, 9.17) is 4.52 Å². The van der Waals surface area contributed by atoms with Gasteiger partial charge >= 0.3 is 7.82 Å². The van der Waals surface area contributed by atoms with Crippen molar-refractivity contribution in [1.29, 1.82) is 0 Å². The minimum atomic E-state index is -4.03. The van der Waals surface area contributed by atoms with Gasteiger partial charge in [-0.15, -0.1) is 0 Å². The van der Waals surface area contributed by atoms with Crippen LogP contribution in [0.25, 0.3) is 0 Å². The Balaban J connectivity index is 2.14. The molecule has 1 aromatic heterocycles. The first kappa shape index (κ1) is 14.8. The normalized spacial score (nSPS) is 14.1. The van der Waals surface area contributed by atoms with Gasteiger partial charge in [0.05, 0.1) is 13.2 Å². The van der Waals surface area contributed by atoms with Crippen LogP contribution in [0.1, 0.15) is 11.3 Å². The summed E-state index contributed by atoms with van der Waals surface area (Å²) in [5, 5.41) is 9.82. The number of aromatic hydroxyl groups is 1. The maximum atomic E-state index is 11.3. The van der Waals surface area contributed by atoms with Gasteiger partial charge in [0.2, 0.25) is 0 Å². The van der Waals surface area contributed by atoms with E-state index in [0.717, 1.165) is 12.7 Å². The molecule has 1 aromatic carbocycles. The molecule has 1 heterocycles. The van der Waals surface area contributed by atoms with Gasteiger partial charge in [0, 0.05) is 18.9 Å². The Kier molecular flexibility index (Phi) is 4.62. The van der Waals surface area contributed by atoms with Crippen LogP contribution in [0.4, 0.5) is 0 Å². The first-order valence-electron chi connectivity index (χ1n) is 5.96. The average Bonchev–Trinajstić information content (AvgIpc) is 2.79. The average molecular weight is 297 g/mol. The minimum absolute atomic E-state index is 0.0673. The first-order chi connectivity index (χ1) is 9.52. The third kappa shape index (κ3) is 3.71. The molecule has 0 saturated carbocycles. The van der Waals surface area contributed by atoms with Crippen molar-refractivity contribution in [2.75, 3.05) is 7.11 Å². The fourth-order valence-electron chi connectivity index (χ4n) is 1.77. The zero-order valence-electron chi connectivity index (χ0n) is 11.0. The van der Waals surface area contributed by atoms with Crippen molar-refractivity contribution < 1.29 is 23.6 Å². The van der Waals surface area contributed by atoms with E-state index >= 15 is 0 Å². The molecule has 0 amide bonds. The lowest BCUT2D eigenvalue weighted by atomic mass is 10.2. The molecule has 0 bridgehead atoms. The summed E-state index contributed by atoms with van der Waals surface area (Å²) >= 11 is 0. The van der Waals surface area contributed by atoms with Gasteiger partial charge in [-0.3, -0.25) is 9.05 Å². The third-order valence-corrected chi connectivity index (χ3v) is 3.75. The molecular weight excluding hydrogens is 281 g/mol. The van der Waals surface area contributed by atoms with Crippen molar-refractivity contribution in [2.24, 2.45) is 0 Å². The molecule has 20 heavy (non-hydrogen) atoms. The number of hydrogen-bond donors (Lipinski definition) is 2. The van der Waals surface area contributed by atoms with Crippen LogP contribution in [0.3, 0.4) is 0 Å². The Morgan fingerprint density at radius 3 is 2.55 bits per heavy atom. The minimum Gasteiger partial charge on any atom is -0.494 e. The molecule has 0 aliphatic heterocycles. The lowest BCUT2D eigenvalue weighted by Gasteiger charge is -2.13. The molecule has 0 fully saturated rings. The Morgan fingerprint density at radius 2 is 1.90 bits per heavy atom. The SMILES string of the molecule is COP(=O)(O)OCc1ccc(O)n1Cc1ccccc1. The van der Waals surface area contributed by atoms with E-state index in [1.165, 1.54) is 6.07 Å². The van der Waals surface area contributed by atoms with E-state index in [1.807, 2.05) is 30.3 Å². The van der Waals surface area contributed by atoms with Crippen LogP contribution in [-0.2, 0) is 26.8 Å². The molecule has 0 spiro atoms. The van der Waals surface area contributed by atoms with Gasteiger partial charge in [-0.05, 0) is 11.6 Å². The zero-order valence-corrected chi connectivity index (χ0v) is 11.9. The second kappa shape index (κ2) is 6.24. The summed E-state index contributed by atoms with van der Waals surface area (Å²) in [5.74, 6) is 0.0673. The fourth-order valence-corrected chi connectivity index (χ4v) is 2.17. The maximum Gasteiger partial charge on any atom is 0.472 e. The standard InChI is InChI=1S/C13H16NO5P/c1-18-20(16,17)19-10-12-7-8-13(15)14(12)9-11-5-3-2-4-6-11/h2-8,15H,9-10H2,1H3,(H,16,17). The van der Waals surface area contributed by atoms with Crippen LogP contribution in [0, 0.1) is 0 Å². The smallest absolute Gasteiger partial charge is 0.472 e. The highest BCUT2D eigenvalue weighted by atomic mass is 31.2. The van der Waals surface area contributed by atoms with Crippen LogP contribution < -0.4 is 0 Å². The number of hydrogen-bond acceptors (Lipinski definition) is 4. The van der Waals surface area contributed by atoms with Crippen molar-refractivity contribution in [3.05, 3.63) is 53.7 Å². The number of rotatable bonds is 6. The predicted octanol–water partition coefficient (Wildman–Crippen LogP) is 2.51. The molecule has 108 valence electrons. The molecule has 0 aliphatic rings. The number of aromatic nitrogens is 1. The summed E-state index contributed by atoms with van der Waals surface area (Å²) in [6, 6.07) is 12.7. The molecule has 2 N–H and O–H groups in total. The Morgan fingerprint density at radius 1 is 1.20 bits per heavy atom. The van der Waals surface area contributed by atoms with Crippen LogP contribution >= 0.6 is 7.82 Å². The maximum absolute atomic E-state index is 11.3. The van der Waals surface area contributed by atoms with Gasteiger partial charge < -0.3 is 14.6 Å². The number of phosphoric ester groups is 1. The van der Waals surface area contributed by atoms with E-state index in [2.05, 4.69) is 4.52 Å². The highest BCUT2D eigenvalue weighted by molar-refractivity contribution is 7.47. The summed E-state index contributed by atoms with van der Waals surface area (Å²) in [6.45, 7) is 0.316. The predicted molar refractivity (Wildman–Crippen MR) is 73.3 cm³/mol. The molecule has 7 heteroatoms. The van der Waals surface area contributed by atoms with Crippen molar-refractivity contribution in [2.45, 2.75) is 13.2 Å². The van der Waals surface area contributed by atoms with Crippen molar-refractivity contribution in [3.63, 3.8) is 0 Å². The molecule has 2 aromatic rings. The second-order valence-corrected chi connectivity index (χ2v) is 5.74. The van der Waals surface area contributed by atoms with Crippen molar-refractivity contribution >= 4 is 7.82 Å². The van der Waals surface area contributed by atoms with E-state index < -0.39 is 7.82 Å². The first-order valence-corrected chi connectivity index (χ1v) is 7.46. The molecule has 0 saturated heterocycles. The van der Waals surface area contributed by atoms with Crippen LogP contribution in [0.5, 0.6) is 5.88 Å². The molecular formula is C13H16NO5P. The zero-order chi connectivity index (χ0) is 14.6. The summed E-state index contributed by atoms with van der Waals surface area (Å²) in [6.07, 6.45) is 0. The Labute approximate surface area is 116 Å². The van der Waals surface area contributed by atoms with E-state index in [1.54, 1.807) is 10.6 Å². The second-order valence-electron chi connectivity index (χ2n) is 4.18. The van der Waals surface area contributed by atoms with Crippen LogP contribution in [0.15, 0.2) is 42.5 Å². The summed E-state index contributed by atoms with van der Waals surface area (Å²) in [5.41, 5.74) is 1.58. The van der Waals surface area contributed by atoms with Crippen LogP contribution in [-0.4, -0.2) is 21.7 Å². The van der Waals surface area contributed by atoms with Gasteiger partial charge in [0.15, 0.2) is 5.88 Å². The molecule has 6 nitrogen and oxygen atoms in total. The number of benzene rings is 1. The molecule has 0 radical (unpaired) electrons. The van der Waals surface area contributed by atoms with E-state index in [-0.39, 0.29) is 12.5 Å². The summed E-state index contributed by atoms with van der Waals surface area (Å²) in [4.78, 5) is 9.21. The van der Waals surface area contributed by atoms with Crippen molar-refractivity contribution in [1.82, 2.24) is 4.57 Å². The summed E-state index contributed by atoms with van der Waals surface area (Å²) < 4.78 is 22.0. The molecule has 0 aliphatic carbocycles. The van der Waals surface area contributed by atoms with Gasteiger partial charge in [-0.1, -0.05) is 30.3 Å². The Bertz CT molecular complexity index is 610. The topological polar surface area (TPSA) is 80.9 Å². The number of phosphoric acid groups is 1. The largest absolute Gasteiger partial charge is 0.494 e. The van der Waals surface area contributed by atoms with Gasteiger partial charge in [0.1, 0.15) is 0 Å². The lowest BCUT2D eigenvalue weighted by molar-refractivity contribution is 0.162. The van der Waals surface area contributed by atoms with Crippen molar-refractivity contribution in [3.8, 4) is 5.88 Å². The lowest BCUT2D eigenvalue weighted by Crippen LogP contribution is -2.05. The Hall–Kier alpha value is -1.59. The highest BCUT2D eigenvalue weighted by Gasteiger charge is 2.19. The number of nitrogens with zero attached hydrogens (tertiary/aromatic N) is 1. The van der Waals surface area contributed by atoms with Gasteiger partial charge in [-0.2, -0.15) is 0 Å². The quantitative estimate of drug-likeness (QED) is 0.801. The molecule has 1 atom stereocenters. The van der Waals surface area contributed by atoms with E-state index in [0.29, 0.717) is 12.2 Å². The molecule has 2 rings (SSSR count).